The molecule has 0 saturated carbocycles. The Labute approximate surface area is 137 Å². The van der Waals surface area contributed by atoms with E-state index < -0.39 is 34.8 Å². The highest BCUT2D eigenvalue weighted by Gasteiger charge is 2.26. The number of aromatic nitrogens is 2. The number of primary amides is 1. The number of aromatic amines is 1. The number of carbonyl (C=O) groups is 1. The molecule has 2 aromatic heterocycles. The van der Waals surface area contributed by atoms with E-state index in [1.807, 2.05) is 0 Å². The van der Waals surface area contributed by atoms with Crippen LogP contribution in [0.15, 0.2) is 35.1 Å². The Morgan fingerprint density at radius 1 is 1.39 bits per heavy atom. The van der Waals surface area contributed by atoms with Gasteiger partial charge in [0.1, 0.15) is 23.4 Å². The molecule has 1 aromatic carbocycles. The van der Waals surface area contributed by atoms with Crippen LogP contribution in [0.4, 0.5) is 8.78 Å². The Morgan fingerprint density at radius 2 is 2.13 bits per heavy atom. The molecule has 0 radical (unpaired) electrons. The number of rotatable bonds is 3. The van der Waals surface area contributed by atoms with E-state index in [4.69, 9.17) is 5.73 Å². The lowest BCUT2D eigenvalue weighted by atomic mass is 9.98. The smallest absolute Gasteiger partial charge is 0.251 e. The summed E-state index contributed by atoms with van der Waals surface area (Å²) in [4.78, 5) is 18.1. The predicted molar refractivity (Wildman–Crippen MR) is 82.7 cm³/mol. The average Bonchev–Trinajstić information content (AvgIpc) is 2.89. The van der Waals surface area contributed by atoms with Crippen LogP contribution in [0.25, 0.3) is 11.0 Å². The number of carbonyl (C=O) groups excluding carboxylic acids is 1. The van der Waals surface area contributed by atoms with Gasteiger partial charge in [0.2, 0.25) is 0 Å². The van der Waals surface area contributed by atoms with Crippen LogP contribution in [0.3, 0.4) is 0 Å². The molecule has 0 bridgehead atoms. The van der Waals surface area contributed by atoms with Crippen LogP contribution in [0.1, 0.15) is 27.6 Å². The number of nitrogens with two attached hydrogens (primary N) is 1. The Bertz CT molecular complexity index is 926. The Balaban J connectivity index is 2.20. The summed E-state index contributed by atoms with van der Waals surface area (Å²) in [6.45, 7) is 0. The summed E-state index contributed by atoms with van der Waals surface area (Å²) >= 11 is 3.25. The summed E-state index contributed by atoms with van der Waals surface area (Å²) < 4.78 is 29.0. The maximum atomic E-state index is 14.4. The number of halogens is 3. The minimum absolute atomic E-state index is 0.230. The summed E-state index contributed by atoms with van der Waals surface area (Å²) in [6, 6.07) is 3.49. The second-order valence-corrected chi connectivity index (χ2v) is 5.80. The van der Waals surface area contributed by atoms with Gasteiger partial charge in [-0.2, -0.15) is 0 Å². The third-order valence-electron chi connectivity index (χ3n) is 3.49. The molecule has 118 valence electrons. The number of nitrogens with one attached hydrogen (secondary N) is 1. The van der Waals surface area contributed by atoms with E-state index in [0.717, 1.165) is 12.1 Å². The van der Waals surface area contributed by atoms with Gasteiger partial charge in [-0.1, -0.05) is 0 Å². The van der Waals surface area contributed by atoms with Crippen molar-refractivity contribution < 1.29 is 18.7 Å². The Kier molecular flexibility index (Phi) is 3.87. The van der Waals surface area contributed by atoms with Crippen LogP contribution in [0.5, 0.6) is 0 Å². The molecule has 3 aromatic rings. The van der Waals surface area contributed by atoms with E-state index in [2.05, 4.69) is 25.9 Å². The lowest BCUT2D eigenvalue weighted by Gasteiger charge is -2.14. The topological polar surface area (TPSA) is 92.0 Å². The molecule has 0 aliphatic heterocycles. The fraction of sp³-hybridized carbons (Fsp3) is 0.0667. The molecule has 1 unspecified atom stereocenters. The molecule has 1 atom stereocenters. The van der Waals surface area contributed by atoms with Crippen LogP contribution < -0.4 is 5.73 Å². The van der Waals surface area contributed by atoms with Gasteiger partial charge in [-0.25, -0.2) is 13.8 Å². The van der Waals surface area contributed by atoms with Gasteiger partial charge >= 0.3 is 0 Å². The number of fused-ring (bicyclic) bond motifs is 1. The van der Waals surface area contributed by atoms with Gasteiger partial charge in [0.25, 0.3) is 5.91 Å². The molecule has 0 fully saturated rings. The Hall–Kier alpha value is -2.32. The van der Waals surface area contributed by atoms with Crippen molar-refractivity contribution in [2.45, 2.75) is 6.10 Å². The lowest BCUT2D eigenvalue weighted by Crippen LogP contribution is -2.16. The highest BCUT2D eigenvalue weighted by molar-refractivity contribution is 9.10. The zero-order valence-electron chi connectivity index (χ0n) is 11.5. The van der Waals surface area contributed by atoms with Crippen LogP contribution in [0.2, 0.25) is 0 Å². The molecular weight excluding hydrogens is 372 g/mol. The molecule has 5 nitrogen and oxygen atoms in total. The summed E-state index contributed by atoms with van der Waals surface area (Å²) in [5.74, 6) is -3.20. The molecule has 0 aliphatic rings. The molecule has 0 saturated heterocycles. The third kappa shape index (κ3) is 2.60. The molecule has 8 heteroatoms. The van der Waals surface area contributed by atoms with E-state index in [-0.39, 0.29) is 5.56 Å². The fourth-order valence-corrected chi connectivity index (χ4v) is 2.72. The molecule has 0 spiro atoms. The molecule has 23 heavy (non-hydrogen) atoms. The number of hydrogen-bond acceptors (Lipinski definition) is 3. The molecule has 0 aliphatic carbocycles. The predicted octanol–water partition coefficient (Wildman–Crippen LogP) is 2.78. The number of aliphatic hydroxyl groups excluding tert-OH is 1. The summed E-state index contributed by atoms with van der Waals surface area (Å²) in [5.41, 5.74) is 4.62. The normalized spacial score (nSPS) is 12.5. The first-order valence-corrected chi connectivity index (χ1v) is 7.27. The van der Waals surface area contributed by atoms with E-state index in [0.29, 0.717) is 15.5 Å². The minimum Gasteiger partial charge on any atom is -0.383 e. The van der Waals surface area contributed by atoms with E-state index >= 15 is 0 Å². The van der Waals surface area contributed by atoms with Crippen molar-refractivity contribution in [3.63, 3.8) is 0 Å². The first-order chi connectivity index (χ1) is 10.9. The fourth-order valence-electron chi connectivity index (χ4n) is 2.39. The summed E-state index contributed by atoms with van der Waals surface area (Å²) in [5, 5.41) is 10.9. The standard InChI is InChI=1S/C15H10BrF2N3O2/c16-6-3-8-9(5-21-15(8)20-4-6)13(22)11-10(17)2-1-7(12(11)18)14(19)23/h1-5,13,22H,(H2,19,23)(H,20,21). The van der Waals surface area contributed by atoms with E-state index in [1.165, 1.54) is 6.20 Å². The van der Waals surface area contributed by atoms with Gasteiger partial charge in [-0.15, -0.1) is 0 Å². The molecular formula is C15H10BrF2N3O2. The number of aliphatic hydroxyl groups is 1. The van der Waals surface area contributed by atoms with Gasteiger partial charge in [-0.05, 0) is 34.1 Å². The quantitative estimate of drug-likeness (QED) is 0.651. The van der Waals surface area contributed by atoms with E-state index in [1.54, 1.807) is 12.3 Å². The Morgan fingerprint density at radius 3 is 2.83 bits per heavy atom. The van der Waals surface area contributed by atoms with Gasteiger partial charge in [0.05, 0.1) is 11.1 Å². The lowest BCUT2D eigenvalue weighted by molar-refractivity contribution is 0.0995. The summed E-state index contributed by atoms with van der Waals surface area (Å²) in [7, 11) is 0. The zero-order valence-corrected chi connectivity index (χ0v) is 13.1. The highest BCUT2D eigenvalue weighted by Crippen LogP contribution is 2.33. The van der Waals surface area contributed by atoms with Gasteiger partial charge < -0.3 is 15.8 Å². The first-order valence-electron chi connectivity index (χ1n) is 6.48. The van der Waals surface area contributed by atoms with E-state index in [9.17, 15) is 18.7 Å². The number of nitrogens with zero attached hydrogens (tertiary/aromatic N) is 1. The largest absolute Gasteiger partial charge is 0.383 e. The molecule has 3 rings (SSSR count). The van der Waals surface area contributed by atoms with Crippen LogP contribution in [-0.2, 0) is 0 Å². The maximum absolute atomic E-state index is 14.4. The summed E-state index contributed by atoms with van der Waals surface area (Å²) in [6.07, 6.45) is 1.33. The molecule has 2 heterocycles. The zero-order chi connectivity index (χ0) is 16.7. The number of amides is 1. The second-order valence-electron chi connectivity index (χ2n) is 4.88. The van der Waals surface area contributed by atoms with Gasteiger partial charge in [0.15, 0.2) is 0 Å². The van der Waals surface area contributed by atoms with Crippen LogP contribution >= 0.6 is 15.9 Å². The van der Waals surface area contributed by atoms with Crippen molar-refractivity contribution >= 4 is 32.9 Å². The number of pyridine rings is 1. The second kappa shape index (κ2) is 5.71. The molecule has 4 N–H and O–H groups in total. The van der Waals surface area contributed by atoms with Crippen molar-refractivity contribution in [1.29, 1.82) is 0 Å². The third-order valence-corrected chi connectivity index (χ3v) is 3.92. The highest BCUT2D eigenvalue weighted by atomic mass is 79.9. The maximum Gasteiger partial charge on any atom is 0.251 e. The van der Waals surface area contributed by atoms with Crippen molar-refractivity contribution in [1.82, 2.24) is 9.97 Å². The van der Waals surface area contributed by atoms with Crippen molar-refractivity contribution in [2.75, 3.05) is 0 Å². The first kappa shape index (κ1) is 15.6. The number of hydrogen-bond donors (Lipinski definition) is 3. The minimum atomic E-state index is -1.63. The van der Waals surface area contributed by atoms with Gasteiger partial charge in [-0.3, -0.25) is 4.79 Å². The average molecular weight is 382 g/mol. The van der Waals surface area contributed by atoms with Gasteiger partial charge in [0, 0.05) is 27.8 Å². The molecule has 1 amide bonds. The van der Waals surface area contributed by atoms with Crippen molar-refractivity contribution in [3.8, 4) is 0 Å². The number of H-pyrrole nitrogens is 1. The van der Waals surface area contributed by atoms with Crippen LogP contribution in [0, 0.1) is 11.6 Å². The number of benzene rings is 1. The van der Waals surface area contributed by atoms with Crippen molar-refractivity contribution in [3.05, 3.63) is 63.4 Å². The monoisotopic (exact) mass is 381 g/mol. The SMILES string of the molecule is NC(=O)c1ccc(F)c(C(O)c2c[nH]c3ncc(Br)cc23)c1F. The van der Waals surface area contributed by atoms with Crippen molar-refractivity contribution in [2.24, 2.45) is 5.73 Å². The van der Waals surface area contributed by atoms with Crippen LogP contribution in [-0.4, -0.2) is 21.0 Å².